The second kappa shape index (κ2) is 8.65. The number of anilines is 1. The fraction of sp³-hybridized carbons (Fsp3) is 0.632. The van der Waals surface area contributed by atoms with Gasteiger partial charge in [0.2, 0.25) is 0 Å². The molecule has 1 aromatic carbocycles. The van der Waals surface area contributed by atoms with Gasteiger partial charge in [-0.05, 0) is 80.5 Å². The number of aryl methyl sites for hydroxylation is 2. The molecule has 1 saturated heterocycles. The normalized spacial score (nSPS) is 21.9. The molecular weight excluding hydrogens is 302 g/mol. The monoisotopic (exact) mass is 333 g/mol. The van der Waals surface area contributed by atoms with Crippen molar-refractivity contribution in [2.45, 2.75) is 40.5 Å². The topological polar surface area (TPSA) is 27.3 Å². The van der Waals surface area contributed by atoms with E-state index in [-0.39, 0.29) is 0 Å². The molecule has 1 heterocycles. The Bertz CT molecular complexity index is 519. The van der Waals surface area contributed by atoms with Crippen molar-refractivity contribution >= 4 is 23.0 Å². The van der Waals surface area contributed by atoms with Gasteiger partial charge in [-0.2, -0.15) is 0 Å². The first-order valence-electron chi connectivity index (χ1n) is 8.78. The Hall–Kier alpha value is -1.13. The van der Waals surface area contributed by atoms with Crippen LogP contribution < -0.4 is 10.6 Å². The van der Waals surface area contributed by atoms with Gasteiger partial charge < -0.3 is 15.5 Å². The molecule has 2 rings (SSSR count). The van der Waals surface area contributed by atoms with Crippen molar-refractivity contribution in [2.75, 3.05) is 31.5 Å². The van der Waals surface area contributed by atoms with Crippen LogP contribution in [-0.2, 0) is 0 Å². The van der Waals surface area contributed by atoms with Crippen molar-refractivity contribution in [3.8, 4) is 0 Å². The number of piperidine rings is 1. The predicted octanol–water partition coefficient (Wildman–Crippen LogP) is 3.96. The smallest absolute Gasteiger partial charge is 0.170 e. The van der Waals surface area contributed by atoms with Crippen LogP contribution in [0.2, 0.25) is 0 Å². The quantitative estimate of drug-likeness (QED) is 0.630. The lowest BCUT2D eigenvalue weighted by molar-refractivity contribution is 0.140. The summed E-state index contributed by atoms with van der Waals surface area (Å²) in [6, 6.07) is 6.34. The summed E-state index contributed by atoms with van der Waals surface area (Å²) in [4.78, 5) is 2.60. The standard InChI is InChI=1S/C19H31N3S/c1-14-10-15(2)13-22(12-14)9-5-8-20-19(23)21-18-7-6-16(3)17(4)11-18/h6-7,11,14-15H,5,8-10,12-13H2,1-4H3,(H2,20,21,23)/t14-,15-/m0/s1. The Morgan fingerprint density at radius 3 is 2.52 bits per heavy atom. The lowest BCUT2D eigenvalue weighted by atomic mass is 9.92. The molecule has 3 nitrogen and oxygen atoms in total. The number of benzene rings is 1. The van der Waals surface area contributed by atoms with E-state index in [9.17, 15) is 0 Å². The predicted molar refractivity (Wildman–Crippen MR) is 104 cm³/mol. The molecule has 1 aromatic rings. The Morgan fingerprint density at radius 2 is 1.87 bits per heavy atom. The van der Waals surface area contributed by atoms with Crippen LogP contribution in [0.4, 0.5) is 5.69 Å². The molecule has 2 atom stereocenters. The summed E-state index contributed by atoms with van der Waals surface area (Å²) in [5, 5.41) is 7.31. The first kappa shape index (κ1) is 18.2. The van der Waals surface area contributed by atoms with Crippen LogP contribution in [0.5, 0.6) is 0 Å². The second-order valence-electron chi connectivity index (χ2n) is 7.24. The first-order chi connectivity index (χ1) is 10.9. The van der Waals surface area contributed by atoms with E-state index in [2.05, 4.69) is 61.4 Å². The third kappa shape index (κ3) is 6.11. The summed E-state index contributed by atoms with van der Waals surface area (Å²) >= 11 is 5.38. The van der Waals surface area contributed by atoms with Crippen LogP contribution in [0, 0.1) is 25.7 Å². The van der Waals surface area contributed by atoms with E-state index in [1.165, 1.54) is 30.6 Å². The molecule has 23 heavy (non-hydrogen) atoms. The third-order valence-electron chi connectivity index (χ3n) is 4.65. The molecule has 0 aliphatic carbocycles. The van der Waals surface area contributed by atoms with Gasteiger partial charge in [0.1, 0.15) is 0 Å². The Balaban J connectivity index is 1.65. The first-order valence-corrected chi connectivity index (χ1v) is 9.19. The highest BCUT2D eigenvalue weighted by Crippen LogP contribution is 2.20. The molecule has 0 saturated carbocycles. The molecule has 1 aliphatic heterocycles. The van der Waals surface area contributed by atoms with Crippen LogP contribution in [0.3, 0.4) is 0 Å². The number of nitrogens with one attached hydrogen (secondary N) is 2. The van der Waals surface area contributed by atoms with E-state index in [1.807, 2.05) is 0 Å². The van der Waals surface area contributed by atoms with E-state index in [0.29, 0.717) is 5.11 Å². The minimum atomic E-state index is 0.716. The molecule has 0 radical (unpaired) electrons. The average Bonchev–Trinajstić information content (AvgIpc) is 2.46. The second-order valence-corrected chi connectivity index (χ2v) is 7.65. The molecule has 128 valence electrons. The molecule has 1 fully saturated rings. The SMILES string of the molecule is Cc1ccc(NC(=S)NCCCN2C[C@@H](C)C[C@H](C)C2)cc1C. The van der Waals surface area contributed by atoms with Gasteiger partial charge in [0.15, 0.2) is 5.11 Å². The summed E-state index contributed by atoms with van der Waals surface area (Å²) in [7, 11) is 0. The van der Waals surface area contributed by atoms with E-state index in [4.69, 9.17) is 12.2 Å². The van der Waals surface area contributed by atoms with Crippen LogP contribution in [0.15, 0.2) is 18.2 Å². The number of likely N-dealkylation sites (tertiary alicyclic amines) is 1. The third-order valence-corrected chi connectivity index (χ3v) is 4.89. The van der Waals surface area contributed by atoms with Crippen LogP contribution in [0.1, 0.15) is 37.8 Å². The van der Waals surface area contributed by atoms with Gasteiger partial charge in [-0.1, -0.05) is 19.9 Å². The summed E-state index contributed by atoms with van der Waals surface area (Å²) in [6.45, 7) is 13.6. The minimum Gasteiger partial charge on any atom is -0.362 e. The lowest BCUT2D eigenvalue weighted by Gasteiger charge is -2.35. The molecule has 0 bridgehead atoms. The van der Waals surface area contributed by atoms with Crippen molar-refractivity contribution < 1.29 is 0 Å². The molecule has 0 spiro atoms. The van der Waals surface area contributed by atoms with Crippen molar-refractivity contribution in [2.24, 2.45) is 11.8 Å². The van der Waals surface area contributed by atoms with E-state index >= 15 is 0 Å². The zero-order chi connectivity index (χ0) is 16.8. The molecule has 0 aromatic heterocycles. The summed E-state index contributed by atoms with van der Waals surface area (Å²) in [6.07, 6.45) is 2.51. The van der Waals surface area contributed by atoms with Gasteiger partial charge in [0.25, 0.3) is 0 Å². The van der Waals surface area contributed by atoms with Gasteiger partial charge >= 0.3 is 0 Å². The highest BCUT2D eigenvalue weighted by atomic mass is 32.1. The lowest BCUT2D eigenvalue weighted by Crippen LogP contribution is -2.40. The van der Waals surface area contributed by atoms with Crippen molar-refractivity contribution in [3.05, 3.63) is 29.3 Å². The maximum Gasteiger partial charge on any atom is 0.170 e. The Kier molecular flexibility index (Phi) is 6.85. The van der Waals surface area contributed by atoms with Crippen LogP contribution >= 0.6 is 12.2 Å². The fourth-order valence-corrected chi connectivity index (χ4v) is 3.69. The number of rotatable bonds is 5. The fourth-order valence-electron chi connectivity index (χ4n) is 3.47. The number of nitrogens with zero attached hydrogens (tertiary/aromatic N) is 1. The highest BCUT2D eigenvalue weighted by molar-refractivity contribution is 7.80. The largest absolute Gasteiger partial charge is 0.362 e. The molecule has 4 heteroatoms. The zero-order valence-corrected chi connectivity index (χ0v) is 15.8. The molecule has 0 unspecified atom stereocenters. The molecule has 0 amide bonds. The maximum atomic E-state index is 5.38. The Morgan fingerprint density at radius 1 is 1.17 bits per heavy atom. The molecule has 1 aliphatic rings. The van der Waals surface area contributed by atoms with Gasteiger partial charge in [0.05, 0.1) is 0 Å². The number of thiocarbonyl (C=S) groups is 1. The summed E-state index contributed by atoms with van der Waals surface area (Å²) in [5.74, 6) is 1.67. The number of hydrogen-bond acceptors (Lipinski definition) is 2. The maximum absolute atomic E-state index is 5.38. The minimum absolute atomic E-state index is 0.716. The van der Waals surface area contributed by atoms with Gasteiger partial charge in [-0.3, -0.25) is 0 Å². The average molecular weight is 334 g/mol. The summed E-state index contributed by atoms with van der Waals surface area (Å²) < 4.78 is 0. The van der Waals surface area contributed by atoms with Crippen molar-refractivity contribution in [1.29, 1.82) is 0 Å². The van der Waals surface area contributed by atoms with Crippen molar-refractivity contribution in [3.63, 3.8) is 0 Å². The van der Waals surface area contributed by atoms with Gasteiger partial charge in [0, 0.05) is 25.3 Å². The van der Waals surface area contributed by atoms with Gasteiger partial charge in [-0.25, -0.2) is 0 Å². The molecular formula is C19H31N3S. The van der Waals surface area contributed by atoms with Crippen molar-refractivity contribution in [1.82, 2.24) is 10.2 Å². The number of hydrogen-bond donors (Lipinski definition) is 2. The highest BCUT2D eigenvalue weighted by Gasteiger charge is 2.20. The van der Waals surface area contributed by atoms with Gasteiger partial charge in [-0.15, -0.1) is 0 Å². The Labute approximate surface area is 146 Å². The van der Waals surface area contributed by atoms with E-state index < -0.39 is 0 Å². The van der Waals surface area contributed by atoms with Crippen LogP contribution in [-0.4, -0.2) is 36.2 Å². The summed E-state index contributed by atoms with van der Waals surface area (Å²) in [5.41, 5.74) is 3.65. The van der Waals surface area contributed by atoms with Crippen LogP contribution in [0.25, 0.3) is 0 Å². The van der Waals surface area contributed by atoms with E-state index in [0.717, 1.165) is 37.0 Å². The molecule has 2 N–H and O–H groups in total. The van der Waals surface area contributed by atoms with E-state index in [1.54, 1.807) is 0 Å². The zero-order valence-electron chi connectivity index (χ0n) is 15.0.